The summed E-state index contributed by atoms with van der Waals surface area (Å²) in [5, 5.41) is 12.9. The van der Waals surface area contributed by atoms with E-state index in [4.69, 9.17) is 4.74 Å². The number of rotatable bonds is 7. The van der Waals surface area contributed by atoms with E-state index in [-0.39, 0.29) is 6.04 Å². The highest BCUT2D eigenvalue weighted by molar-refractivity contribution is 5.57. The number of para-hydroxylation sites is 2. The van der Waals surface area contributed by atoms with Gasteiger partial charge in [0.15, 0.2) is 0 Å². The lowest BCUT2D eigenvalue weighted by molar-refractivity contribution is 0.318. The summed E-state index contributed by atoms with van der Waals surface area (Å²) < 4.78 is 5.78. The van der Waals surface area contributed by atoms with Crippen LogP contribution in [0.5, 0.6) is 11.5 Å². The predicted octanol–water partition coefficient (Wildman–Crippen LogP) is 4.74. The molecule has 0 radical (unpaired) electrons. The lowest BCUT2D eigenvalue weighted by Crippen LogP contribution is -2.11. The van der Waals surface area contributed by atoms with Crippen LogP contribution in [-0.4, -0.2) is 11.7 Å². The van der Waals surface area contributed by atoms with E-state index in [0.29, 0.717) is 12.4 Å². The van der Waals surface area contributed by atoms with Crippen molar-refractivity contribution in [2.24, 2.45) is 0 Å². The summed E-state index contributed by atoms with van der Waals surface area (Å²) in [6, 6.07) is 15.5. The number of benzene rings is 2. The average Bonchev–Trinajstić information content (AvgIpc) is 2.52. The highest BCUT2D eigenvalue weighted by atomic mass is 16.5. The maximum atomic E-state index is 9.40. The monoisotopic (exact) mass is 285 g/mol. The van der Waals surface area contributed by atoms with Gasteiger partial charge in [0, 0.05) is 0 Å². The van der Waals surface area contributed by atoms with Gasteiger partial charge in [-0.15, -0.1) is 0 Å². The first-order chi connectivity index (χ1) is 10.2. The maximum Gasteiger partial charge on any atom is 0.142 e. The maximum absolute atomic E-state index is 9.40. The molecule has 2 rings (SSSR count). The number of nitrogens with one attached hydrogen (secondary N) is 1. The zero-order chi connectivity index (χ0) is 15.1. The Morgan fingerprint density at radius 2 is 1.76 bits per heavy atom. The van der Waals surface area contributed by atoms with Gasteiger partial charge in [-0.3, -0.25) is 0 Å². The second kappa shape index (κ2) is 7.58. The third kappa shape index (κ3) is 4.15. The Balaban J connectivity index is 2.16. The molecule has 1 unspecified atom stereocenters. The summed E-state index contributed by atoms with van der Waals surface area (Å²) in [6.45, 7) is 4.95. The van der Waals surface area contributed by atoms with Gasteiger partial charge in [0.05, 0.1) is 18.3 Å². The molecule has 0 aliphatic rings. The number of hydrogen-bond donors (Lipinski definition) is 2. The van der Waals surface area contributed by atoms with Crippen LogP contribution in [0, 0.1) is 0 Å². The van der Waals surface area contributed by atoms with Crippen LogP contribution in [0.15, 0.2) is 48.5 Å². The van der Waals surface area contributed by atoms with E-state index in [1.165, 1.54) is 0 Å². The molecule has 3 nitrogen and oxygen atoms in total. The third-order valence-corrected chi connectivity index (χ3v) is 3.38. The zero-order valence-corrected chi connectivity index (χ0v) is 12.7. The van der Waals surface area contributed by atoms with Crippen LogP contribution in [0.4, 0.5) is 5.69 Å². The van der Waals surface area contributed by atoms with E-state index in [2.05, 4.69) is 19.2 Å². The normalized spacial score (nSPS) is 11.9. The van der Waals surface area contributed by atoms with Gasteiger partial charge in [0.1, 0.15) is 11.5 Å². The molecule has 0 fully saturated rings. The SMILES string of the molecule is CCCOc1ccccc1NC(CC)c1ccc(O)cc1. The number of phenolic OH excluding ortho intramolecular Hbond substituents is 1. The number of anilines is 1. The fraction of sp³-hybridized carbons (Fsp3) is 0.333. The van der Waals surface area contributed by atoms with Crippen molar-refractivity contribution in [2.75, 3.05) is 11.9 Å². The van der Waals surface area contributed by atoms with E-state index < -0.39 is 0 Å². The van der Waals surface area contributed by atoms with Crippen molar-refractivity contribution in [2.45, 2.75) is 32.7 Å². The molecule has 0 saturated carbocycles. The standard InChI is InChI=1S/C18H23NO2/c1-3-13-21-18-8-6-5-7-17(18)19-16(4-2)14-9-11-15(20)12-10-14/h5-12,16,19-20H,3-4,13H2,1-2H3. The molecule has 0 aliphatic carbocycles. The van der Waals surface area contributed by atoms with Crippen LogP contribution in [0.3, 0.4) is 0 Å². The van der Waals surface area contributed by atoms with Crippen molar-refractivity contribution in [1.29, 1.82) is 0 Å². The Morgan fingerprint density at radius 3 is 2.43 bits per heavy atom. The minimum atomic E-state index is 0.192. The summed E-state index contributed by atoms with van der Waals surface area (Å²) in [4.78, 5) is 0. The minimum Gasteiger partial charge on any atom is -0.508 e. The molecule has 0 bridgehead atoms. The summed E-state index contributed by atoms with van der Waals surface area (Å²) in [6.07, 6.45) is 1.94. The summed E-state index contributed by atoms with van der Waals surface area (Å²) in [5.41, 5.74) is 2.16. The van der Waals surface area contributed by atoms with Gasteiger partial charge in [-0.25, -0.2) is 0 Å². The van der Waals surface area contributed by atoms with Gasteiger partial charge in [-0.2, -0.15) is 0 Å². The number of aromatic hydroxyl groups is 1. The smallest absolute Gasteiger partial charge is 0.142 e. The molecule has 0 saturated heterocycles. The fourth-order valence-electron chi connectivity index (χ4n) is 2.24. The Hall–Kier alpha value is -2.16. The van der Waals surface area contributed by atoms with E-state index in [1.807, 2.05) is 36.4 Å². The molecule has 0 aliphatic heterocycles. The third-order valence-electron chi connectivity index (χ3n) is 3.38. The topological polar surface area (TPSA) is 41.5 Å². The predicted molar refractivity (Wildman–Crippen MR) is 87.0 cm³/mol. The molecule has 0 spiro atoms. The summed E-state index contributed by atoms with van der Waals surface area (Å²) in [5.74, 6) is 1.18. The van der Waals surface area contributed by atoms with Crippen LogP contribution in [0.2, 0.25) is 0 Å². The lowest BCUT2D eigenvalue weighted by atomic mass is 10.0. The molecule has 0 heterocycles. The van der Waals surface area contributed by atoms with Gasteiger partial charge in [-0.1, -0.05) is 38.1 Å². The Kier molecular flexibility index (Phi) is 5.50. The van der Waals surface area contributed by atoms with Crippen molar-refractivity contribution in [1.82, 2.24) is 0 Å². The zero-order valence-electron chi connectivity index (χ0n) is 12.7. The molecule has 0 aromatic heterocycles. The summed E-state index contributed by atoms with van der Waals surface area (Å²) >= 11 is 0. The van der Waals surface area contributed by atoms with Gasteiger partial charge in [0.25, 0.3) is 0 Å². The first kappa shape index (κ1) is 15.2. The Morgan fingerprint density at radius 1 is 1.05 bits per heavy atom. The number of ether oxygens (including phenoxy) is 1. The van der Waals surface area contributed by atoms with Gasteiger partial charge in [0.2, 0.25) is 0 Å². The molecule has 2 N–H and O–H groups in total. The average molecular weight is 285 g/mol. The van der Waals surface area contributed by atoms with E-state index >= 15 is 0 Å². The molecular formula is C18H23NO2. The van der Waals surface area contributed by atoms with Crippen molar-refractivity contribution in [3.05, 3.63) is 54.1 Å². The van der Waals surface area contributed by atoms with Crippen molar-refractivity contribution in [3.8, 4) is 11.5 Å². The first-order valence-corrected chi connectivity index (χ1v) is 7.51. The number of phenols is 1. The molecule has 2 aromatic carbocycles. The van der Waals surface area contributed by atoms with Crippen LogP contribution in [-0.2, 0) is 0 Å². The molecule has 1 atom stereocenters. The molecule has 0 amide bonds. The number of hydrogen-bond acceptors (Lipinski definition) is 3. The van der Waals surface area contributed by atoms with Crippen LogP contribution in [0.25, 0.3) is 0 Å². The molecule has 3 heteroatoms. The second-order valence-corrected chi connectivity index (χ2v) is 5.04. The van der Waals surface area contributed by atoms with Crippen LogP contribution >= 0.6 is 0 Å². The Labute approximate surface area is 126 Å². The summed E-state index contributed by atoms with van der Waals surface area (Å²) in [7, 11) is 0. The van der Waals surface area contributed by atoms with Gasteiger partial charge in [-0.05, 0) is 42.7 Å². The molecule has 112 valence electrons. The largest absolute Gasteiger partial charge is 0.508 e. The van der Waals surface area contributed by atoms with Gasteiger partial charge < -0.3 is 15.2 Å². The van der Waals surface area contributed by atoms with Gasteiger partial charge >= 0.3 is 0 Å². The fourth-order valence-corrected chi connectivity index (χ4v) is 2.24. The molecule has 21 heavy (non-hydrogen) atoms. The first-order valence-electron chi connectivity index (χ1n) is 7.51. The minimum absolute atomic E-state index is 0.192. The highest BCUT2D eigenvalue weighted by Crippen LogP contribution is 2.30. The highest BCUT2D eigenvalue weighted by Gasteiger charge is 2.11. The van der Waals surface area contributed by atoms with Crippen molar-refractivity contribution >= 4 is 5.69 Å². The Bertz CT molecular complexity index is 551. The van der Waals surface area contributed by atoms with Crippen LogP contribution in [0.1, 0.15) is 38.3 Å². The van der Waals surface area contributed by atoms with Crippen LogP contribution < -0.4 is 10.1 Å². The van der Waals surface area contributed by atoms with Crippen molar-refractivity contribution < 1.29 is 9.84 Å². The second-order valence-electron chi connectivity index (χ2n) is 5.04. The molecular weight excluding hydrogens is 262 g/mol. The quantitative estimate of drug-likeness (QED) is 0.771. The lowest BCUT2D eigenvalue weighted by Gasteiger charge is -2.21. The van der Waals surface area contributed by atoms with E-state index in [9.17, 15) is 5.11 Å². The van der Waals surface area contributed by atoms with E-state index in [0.717, 1.165) is 29.8 Å². The van der Waals surface area contributed by atoms with E-state index in [1.54, 1.807) is 12.1 Å². The molecule has 2 aromatic rings. The van der Waals surface area contributed by atoms with Crippen molar-refractivity contribution in [3.63, 3.8) is 0 Å².